The monoisotopic (exact) mass is 298 g/mol. The number of likely N-dealkylation sites (tertiary alicyclic amines) is 1. The molecular weight excluding hydrogens is 276 g/mol. The van der Waals surface area contributed by atoms with Crippen LogP contribution in [0.2, 0.25) is 0 Å². The van der Waals surface area contributed by atoms with Crippen molar-refractivity contribution < 1.29 is 4.79 Å². The second kappa shape index (κ2) is 5.39. The molecule has 2 unspecified atom stereocenters. The largest absolute Gasteiger partial charge is 0.355 e. The van der Waals surface area contributed by atoms with Gasteiger partial charge in [-0.05, 0) is 50.4 Å². The minimum Gasteiger partial charge on any atom is -0.355 e. The minimum atomic E-state index is 0.0643. The molecule has 2 fully saturated rings. The van der Waals surface area contributed by atoms with E-state index < -0.39 is 0 Å². The fourth-order valence-corrected chi connectivity index (χ4v) is 3.78. The number of benzene rings is 1. The lowest BCUT2D eigenvalue weighted by Gasteiger charge is -2.34. The fraction of sp³-hybridized carbons (Fsp3) is 0.529. The third kappa shape index (κ3) is 2.39. The Labute approximate surface area is 130 Å². The van der Waals surface area contributed by atoms with Crippen molar-refractivity contribution in [2.45, 2.75) is 38.1 Å². The molecule has 1 aromatic heterocycles. The molecule has 0 saturated carbocycles. The van der Waals surface area contributed by atoms with Crippen molar-refractivity contribution in [1.82, 2.24) is 20.2 Å². The molecule has 0 bridgehead atoms. The zero-order chi connectivity index (χ0) is 15.1. The van der Waals surface area contributed by atoms with E-state index in [1.54, 1.807) is 0 Å². The van der Waals surface area contributed by atoms with E-state index in [2.05, 4.69) is 40.3 Å². The number of carbonyl (C=O) groups excluding carboxylic acids is 1. The SMILES string of the molecule is Cc1ccc2nc(C3CCCN(C4CCNC4=O)C3)[nH]c2c1. The van der Waals surface area contributed by atoms with Crippen molar-refractivity contribution in [3.05, 3.63) is 29.6 Å². The number of imidazole rings is 1. The molecule has 5 nitrogen and oxygen atoms in total. The number of nitrogens with one attached hydrogen (secondary N) is 2. The summed E-state index contributed by atoms with van der Waals surface area (Å²) in [6.45, 7) is 4.86. The van der Waals surface area contributed by atoms with Crippen LogP contribution in [0.3, 0.4) is 0 Å². The summed E-state index contributed by atoms with van der Waals surface area (Å²) in [5.41, 5.74) is 3.40. The van der Waals surface area contributed by atoms with Crippen LogP contribution >= 0.6 is 0 Å². The van der Waals surface area contributed by atoms with Crippen LogP contribution in [0, 0.1) is 6.92 Å². The molecule has 0 aliphatic carbocycles. The van der Waals surface area contributed by atoms with Gasteiger partial charge in [0.1, 0.15) is 5.82 Å². The lowest BCUT2D eigenvalue weighted by molar-refractivity contribution is -0.124. The maximum absolute atomic E-state index is 11.9. The van der Waals surface area contributed by atoms with Gasteiger partial charge in [-0.3, -0.25) is 9.69 Å². The number of hydrogen-bond donors (Lipinski definition) is 2. The standard InChI is InChI=1S/C17H22N4O/c1-11-4-5-13-14(9-11)20-16(19-13)12-3-2-8-21(10-12)15-6-7-18-17(15)22/h4-5,9,12,15H,2-3,6-8,10H2,1H3,(H,18,22)(H,19,20). The molecule has 22 heavy (non-hydrogen) atoms. The Morgan fingerprint density at radius 1 is 1.32 bits per heavy atom. The first kappa shape index (κ1) is 13.8. The summed E-state index contributed by atoms with van der Waals surface area (Å²) in [7, 11) is 0. The summed E-state index contributed by atoms with van der Waals surface area (Å²) in [4.78, 5) is 22.5. The van der Waals surface area contributed by atoms with Crippen molar-refractivity contribution in [3.63, 3.8) is 0 Å². The van der Waals surface area contributed by atoms with Crippen LogP contribution in [0.1, 0.15) is 36.6 Å². The van der Waals surface area contributed by atoms with Crippen LogP contribution < -0.4 is 5.32 Å². The Morgan fingerprint density at radius 2 is 2.23 bits per heavy atom. The first-order valence-corrected chi connectivity index (χ1v) is 8.19. The molecule has 2 aliphatic rings. The topological polar surface area (TPSA) is 61.0 Å². The number of aryl methyl sites for hydroxylation is 1. The Balaban J connectivity index is 1.56. The van der Waals surface area contributed by atoms with Gasteiger partial charge < -0.3 is 10.3 Å². The third-order valence-electron chi connectivity index (χ3n) is 4.96. The van der Waals surface area contributed by atoms with Crippen LogP contribution in [0.25, 0.3) is 11.0 Å². The number of carbonyl (C=O) groups is 1. The molecule has 0 spiro atoms. The Hall–Kier alpha value is -1.88. The summed E-state index contributed by atoms with van der Waals surface area (Å²) in [5, 5.41) is 2.95. The zero-order valence-corrected chi connectivity index (χ0v) is 12.9. The van der Waals surface area contributed by atoms with E-state index in [-0.39, 0.29) is 11.9 Å². The molecule has 1 amide bonds. The second-order valence-corrected chi connectivity index (χ2v) is 6.57. The third-order valence-corrected chi connectivity index (χ3v) is 4.96. The predicted octanol–water partition coefficient (Wildman–Crippen LogP) is 1.94. The average molecular weight is 298 g/mol. The molecule has 0 radical (unpaired) electrons. The first-order chi connectivity index (χ1) is 10.7. The van der Waals surface area contributed by atoms with E-state index in [1.807, 2.05) is 0 Å². The fourth-order valence-electron chi connectivity index (χ4n) is 3.78. The number of fused-ring (bicyclic) bond motifs is 1. The van der Waals surface area contributed by atoms with Gasteiger partial charge in [0, 0.05) is 19.0 Å². The quantitative estimate of drug-likeness (QED) is 0.890. The molecule has 2 N–H and O–H groups in total. The highest BCUT2D eigenvalue weighted by molar-refractivity contribution is 5.83. The molecular formula is C17H22N4O. The van der Waals surface area contributed by atoms with Crippen LogP contribution in [0.15, 0.2) is 18.2 Å². The highest BCUT2D eigenvalue weighted by atomic mass is 16.2. The van der Waals surface area contributed by atoms with Crippen molar-refractivity contribution in [2.75, 3.05) is 19.6 Å². The summed E-state index contributed by atoms with van der Waals surface area (Å²) in [6.07, 6.45) is 3.21. The van der Waals surface area contributed by atoms with Gasteiger partial charge in [-0.25, -0.2) is 4.98 Å². The lowest BCUT2D eigenvalue weighted by Crippen LogP contribution is -2.45. The van der Waals surface area contributed by atoms with E-state index in [0.29, 0.717) is 5.92 Å². The van der Waals surface area contributed by atoms with Crippen LogP contribution in [0.4, 0.5) is 0 Å². The molecule has 2 atom stereocenters. The van der Waals surface area contributed by atoms with Gasteiger partial charge in [0.05, 0.1) is 17.1 Å². The van der Waals surface area contributed by atoms with E-state index >= 15 is 0 Å². The number of aromatic amines is 1. The molecule has 2 aliphatic heterocycles. The van der Waals surface area contributed by atoms with Crippen LogP contribution in [-0.4, -0.2) is 46.5 Å². The van der Waals surface area contributed by atoms with Gasteiger partial charge in [0.15, 0.2) is 0 Å². The van der Waals surface area contributed by atoms with Gasteiger partial charge in [-0.15, -0.1) is 0 Å². The van der Waals surface area contributed by atoms with E-state index in [4.69, 9.17) is 4.98 Å². The lowest BCUT2D eigenvalue weighted by atomic mass is 9.95. The molecule has 2 aromatic rings. The maximum Gasteiger partial charge on any atom is 0.237 e. The number of piperidine rings is 1. The highest BCUT2D eigenvalue weighted by Gasteiger charge is 2.34. The van der Waals surface area contributed by atoms with Gasteiger partial charge in [0.2, 0.25) is 5.91 Å². The highest BCUT2D eigenvalue weighted by Crippen LogP contribution is 2.29. The Bertz CT molecular complexity index is 708. The van der Waals surface area contributed by atoms with E-state index in [0.717, 1.165) is 55.8 Å². The number of H-pyrrole nitrogens is 1. The van der Waals surface area contributed by atoms with Crippen molar-refractivity contribution in [1.29, 1.82) is 0 Å². The molecule has 4 rings (SSSR count). The zero-order valence-electron chi connectivity index (χ0n) is 12.9. The smallest absolute Gasteiger partial charge is 0.237 e. The first-order valence-electron chi connectivity index (χ1n) is 8.19. The van der Waals surface area contributed by atoms with Gasteiger partial charge in [-0.1, -0.05) is 6.07 Å². The molecule has 2 saturated heterocycles. The number of rotatable bonds is 2. The van der Waals surface area contributed by atoms with Crippen molar-refractivity contribution >= 4 is 16.9 Å². The summed E-state index contributed by atoms with van der Waals surface area (Å²) < 4.78 is 0. The average Bonchev–Trinajstić information content (AvgIpc) is 3.13. The normalized spacial score (nSPS) is 26.5. The van der Waals surface area contributed by atoms with E-state index in [9.17, 15) is 4.79 Å². The molecule has 5 heteroatoms. The van der Waals surface area contributed by atoms with Crippen LogP contribution in [-0.2, 0) is 4.79 Å². The number of nitrogens with zero attached hydrogens (tertiary/aromatic N) is 2. The van der Waals surface area contributed by atoms with Gasteiger partial charge in [0.25, 0.3) is 0 Å². The summed E-state index contributed by atoms with van der Waals surface area (Å²) >= 11 is 0. The Morgan fingerprint density at radius 3 is 3.05 bits per heavy atom. The van der Waals surface area contributed by atoms with Gasteiger partial charge >= 0.3 is 0 Å². The van der Waals surface area contributed by atoms with Gasteiger partial charge in [-0.2, -0.15) is 0 Å². The molecule has 3 heterocycles. The van der Waals surface area contributed by atoms with Crippen molar-refractivity contribution in [2.24, 2.45) is 0 Å². The number of aromatic nitrogens is 2. The van der Waals surface area contributed by atoms with E-state index in [1.165, 1.54) is 5.56 Å². The number of hydrogen-bond acceptors (Lipinski definition) is 3. The summed E-state index contributed by atoms with van der Waals surface area (Å²) in [6, 6.07) is 6.39. The second-order valence-electron chi connectivity index (χ2n) is 6.57. The maximum atomic E-state index is 11.9. The molecule has 116 valence electrons. The van der Waals surface area contributed by atoms with Crippen molar-refractivity contribution in [3.8, 4) is 0 Å². The predicted molar refractivity (Wildman–Crippen MR) is 85.8 cm³/mol. The Kier molecular flexibility index (Phi) is 3.37. The summed E-state index contributed by atoms with van der Waals surface area (Å²) in [5.74, 6) is 1.67. The number of amides is 1. The molecule has 1 aromatic carbocycles. The van der Waals surface area contributed by atoms with Crippen LogP contribution in [0.5, 0.6) is 0 Å². The minimum absolute atomic E-state index is 0.0643.